The summed E-state index contributed by atoms with van der Waals surface area (Å²) in [6.07, 6.45) is 1.91. The maximum absolute atomic E-state index is 11.4. The van der Waals surface area contributed by atoms with Gasteiger partial charge in [-0.15, -0.1) is 0 Å². The van der Waals surface area contributed by atoms with E-state index in [-0.39, 0.29) is 18.6 Å². The Labute approximate surface area is 91.6 Å². The smallest absolute Gasteiger partial charge is 0.250 e. The van der Waals surface area contributed by atoms with Gasteiger partial charge in [0.15, 0.2) is 0 Å². The first-order valence-electron chi connectivity index (χ1n) is 5.49. The number of aliphatic hydroxyl groups is 1. The van der Waals surface area contributed by atoms with Crippen LogP contribution in [-0.2, 0) is 4.79 Å². The van der Waals surface area contributed by atoms with Gasteiger partial charge in [-0.2, -0.15) is 0 Å². The van der Waals surface area contributed by atoms with E-state index in [2.05, 4.69) is 19.3 Å². The predicted molar refractivity (Wildman–Crippen MR) is 60.0 cm³/mol. The molecule has 90 valence electrons. The molecule has 0 saturated heterocycles. The van der Waals surface area contributed by atoms with Gasteiger partial charge in [0.2, 0.25) is 0 Å². The number of rotatable bonds is 7. The first-order valence-corrected chi connectivity index (χ1v) is 5.49. The Balaban J connectivity index is 4.54. The van der Waals surface area contributed by atoms with Crippen molar-refractivity contribution in [2.45, 2.75) is 45.7 Å². The summed E-state index contributed by atoms with van der Waals surface area (Å²) in [6.45, 7) is 6.51. The second-order valence-corrected chi connectivity index (χ2v) is 3.62. The minimum Gasteiger partial charge on any atom is -0.395 e. The molecule has 0 radical (unpaired) electrons. The van der Waals surface area contributed by atoms with Crippen LogP contribution in [0, 0.1) is 0 Å². The van der Waals surface area contributed by atoms with Gasteiger partial charge in [-0.25, -0.2) is 5.84 Å². The van der Waals surface area contributed by atoms with E-state index < -0.39 is 0 Å². The number of amides is 1. The first kappa shape index (κ1) is 14.3. The van der Waals surface area contributed by atoms with Crippen molar-refractivity contribution < 1.29 is 9.90 Å². The maximum atomic E-state index is 11.4. The first-order chi connectivity index (χ1) is 7.12. The minimum absolute atomic E-state index is 0.0543. The van der Waals surface area contributed by atoms with Crippen LogP contribution in [0.5, 0.6) is 0 Å². The number of aliphatic hydroxyl groups excluding tert-OH is 1. The SMILES string of the molecule is CCC(CC)N(CCO)C(C)C(=O)NN. The van der Waals surface area contributed by atoms with Gasteiger partial charge in [0.05, 0.1) is 12.6 Å². The van der Waals surface area contributed by atoms with Crippen molar-refractivity contribution in [3.8, 4) is 0 Å². The van der Waals surface area contributed by atoms with E-state index in [1.165, 1.54) is 0 Å². The lowest BCUT2D eigenvalue weighted by Crippen LogP contribution is -2.52. The lowest BCUT2D eigenvalue weighted by molar-refractivity contribution is -0.127. The van der Waals surface area contributed by atoms with Crippen molar-refractivity contribution in [1.82, 2.24) is 10.3 Å². The zero-order valence-electron chi connectivity index (χ0n) is 9.86. The number of hydrazine groups is 1. The molecule has 0 aromatic carbocycles. The van der Waals surface area contributed by atoms with E-state index in [0.717, 1.165) is 12.8 Å². The normalized spacial score (nSPS) is 13.3. The van der Waals surface area contributed by atoms with Gasteiger partial charge in [-0.1, -0.05) is 13.8 Å². The van der Waals surface area contributed by atoms with Crippen molar-refractivity contribution in [2.24, 2.45) is 5.84 Å². The standard InChI is InChI=1S/C10H23N3O2/c1-4-9(5-2)13(6-7-14)8(3)10(15)12-11/h8-9,14H,4-7,11H2,1-3H3,(H,12,15). The van der Waals surface area contributed by atoms with Gasteiger partial charge >= 0.3 is 0 Å². The molecule has 0 spiro atoms. The molecule has 1 amide bonds. The van der Waals surface area contributed by atoms with Crippen LogP contribution in [0.3, 0.4) is 0 Å². The molecule has 0 aromatic heterocycles. The predicted octanol–water partition coefficient (Wildman–Crippen LogP) is -0.152. The number of hydrogen-bond donors (Lipinski definition) is 3. The highest BCUT2D eigenvalue weighted by molar-refractivity contribution is 5.80. The largest absolute Gasteiger partial charge is 0.395 e. The van der Waals surface area contributed by atoms with Gasteiger partial charge in [-0.05, 0) is 19.8 Å². The average molecular weight is 217 g/mol. The molecule has 5 heteroatoms. The van der Waals surface area contributed by atoms with Crippen molar-refractivity contribution in [1.29, 1.82) is 0 Å². The molecule has 1 atom stereocenters. The highest BCUT2D eigenvalue weighted by Crippen LogP contribution is 2.12. The Morgan fingerprint density at radius 3 is 2.33 bits per heavy atom. The van der Waals surface area contributed by atoms with Crippen LogP contribution in [0.4, 0.5) is 0 Å². The summed E-state index contributed by atoms with van der Waals surface area (Å²) in [5.74, 6) is 4.89. The number of nitrogens with two attached hydrogens (primary N) is 1. The van der Waals surface area contributed by atoms with Gasteiger partial charge in [0, 0.05) is 12.6 Å². The van der Waals surface area contributed by atoms with Gasteiger partial charge < -0.3 is 5.11 Å². The van der Waals surface area contributed by atoms with E-state index in [4.69, 9.17) is 10.9 Å². The lowest BCUT2D eigenvalue weighted by atomic mass is 10.1. The molecular formula is C10H23N3O2. The quantitative estimate of drug-likeness (QED) is 0.315. The monoisotopic (exact) mass is 217 g/mol. The Hall–Kier alpha value is -0.650. The van der Waals surface area contributed by atoms with Crippen molar-refractivity contribution in [3.63, 3.8) is 0 Å². The van der Waals surface area contributed by atoms with Gasteiger partial charge in [-0.3, -0.25) is 15.1 Å². The highest BCUT2D eigenvalue weighted by atomic mass is 16.3. The van der Waals surface area contributed by atoms with E-state index in [9.17, 15) is 4.79 Å². The molecule has 15 heavy (non-hydrogen) atoms. The second-order valence-electron chi connectivity index (χ2n) is 3.62. The summed E-state index contributed by atoms with van der Waals surface area (Å²) in [5.41, 5.74) is 2.14. The molecule has 5 nitrogen and oxygen atoms in total. The molecular weight excluding hydrogens is 194 g/mol. The third kappa shape index (κ3) is 4.15. The molecule has 0 rings (SSSR count). The summed E-state index contributed by atoms with van der Waals surface area (Å²) < 4.78 is 0. The van der Waals surface area contributed by atoms with Crippen molar-refractivity contribution in [2.75, 3.05) is 13.2 Å². The zero-order valence-corrected chi connectivity index (χ0v) is 9.86. The lowest BCUT2D eigenvalue weighted by Gasteiger charge is -2.33. The van der Waals surface area contributed by atoms with E-state index in [1.54, 1.807) is 6.92 Å². The molecule has 0 aliphatic heterocycles. The van der Waals surface area contributed by atoms with Gasteiger partial charge in [0.25, 0.3) is 5.91 Å². The van der Waals surface area contributed by atoms with Gasteiger partial charge in [0.1, 0.15) is 0 Å². The average Bonchev–Trinajstić information content (AvgIpc) is 2.27. The third-order valence-corrected chi connectivity index (χ3v) is 2.79. The summed E-state index contributed by atoms with van der Waals surface area (Å²) in [4.78, 5) is 13.4. The Kier molecular flexibility index (Phi) is 7.29. The summed E-state index contributed by atoms with van der Waals surface area (Å²) >= 11 is 0. The fourth-order valence-electron chi connectivity index (χ4n) is 1.84. The Morgan fingerprint density at radius 2 is 2.00 bits per heavy atom. The molecule has 1 unspecified atom stereocenters. The van der Waals surface area contributed by atoms with Crippen LogP contribution >= 0.6 is 0 Å². The summed E-state index contributed by atoms with van der Waals surface area (Å²) in [6, 6.07) is 0.0106. The Bertz CT molecular complexity index is 184. The zero-order chi connectivity index (χ0) is 11.8. The molecule has 0 fully saturated rings. The minimum atomic E-state index is -0.299. The summed E-state index contributed by atoms with van der Waals surface area (Å²) in [5, 5.41) is 8.98. The topological polar surface area (TPSA) is 78.6 Å². The number of nitrogens with zero attached hydrogens (tertiary/aromatic N) is 1. The molecule has 0 saturated carbocycles. The number of carbonyl (C=O) groups excluding carboxylic acids is 1. The Morgan fingerprint density at radius 1 is 1.47 bits per heavy atom. The molecule has 0 aliphatic carbocycles. The number of hydrogen-bond acceptors (Lipinski definition) is 4. The van der Waals surface area contributed by atoms with E-state index in [0.29, 0.717) is 12.6 Å². The molecule has 0 bridgehead atoms. The van der Waals surface area contributed by atoms with Crippen LogP contribution in [0.2, 0.25) is 0 Å². The fourth-order valence-corrected chi connectivity index (χ4v) is 1.84. The van der Waals surface area contributed by atoms with Crippen molar-refractivity contribution >= 4 is 5.91 Å². The highest BCUT2D eigenvalue weighted by Gasteiger charge is 2.25. The fraction of sp³-hybridized carbons (Fsp3) is 0.900. The summed E-state index contributed by atoms with van der Waals surface area (Å²) in [7, 11) is 0. The van der Waals surface area contributed by atoms with E-state index >= 15 is 0 Å². The molecule has 4 N–H and O–H groups in total. The number of carbonyl (C=O) groups is 1. The van der Waals surface area contributed by atoms with Crippen LogP contribution in [0.1, 0.15) is 33.6 Å². The maximum Gasteiger partial charge on any atom is 0.250 e. The van der Waals surface area contributed by atoms with Crippen LogP contribution in [-0.4, -0.2) is 41.1 Å². The van der Waals surface area contributed by atoms with Crippen LogP contribution < -0.4 is 11.3 Å². The van der Waals surface area contributed by atoms with Crippen LogP contribution in [0.25, 0.3) is 0 Å². The molecule has 0 heterocycles. The van der Waals surface area contributed by atoms with Crippen LogP contribution in [0.15, 0.2) is 0 Å². The molecule has 0 aliphatic rings. The number of nitrogens with one attached hydrogen (secondary N) is 1. The second kappa shape index (κ2) is 7.62. The van der Waals surface area contributed by atoms with Crippen molar-refractivity contribution in [3.05, 3.63) is 0 Å². The third-order valence-electron chi connectivity index (χ3n) is 2.79. The molecule has 0 aromatic rings. The van der Waals surface area contributed by atoms with E-state index in [1.807, 2.05) is 4.90 Å².